The number of carbonyl (C=O) groups excluding carboxylic acids is 2. The Labute approximate surface area is 173 Å². The minimum Gasteiger partial charge on any atom is -0.351 e. The van der Waals surface area contributed by atoms with Crippen molar-refractivity contribution in [1.29, 1.82) is 5.26 Å². The van der Waals surface area contributed by atoms with Gasteiger partial charge in [0.1, 0.15) is 17.5 Å². The first-order valence-corrected chi connectivity index (χ1v) is 9.47. The average molecular weight is 407 g/mol. The fourth-order valence-electron chi connectivity index (χ4n) is 2.83. The standard InChI is InChI=1S/C22H19ClN4O2/c1-13(2)12-25-21(28)17(11-24)19-14-7-3-4-8-15(14)20(26-19)27-22(29)16-9-5-6-10-18(16)23/h3-10,13H,12H2,1-2H3,(H,25,28)(H,26,27,29)/b19-17-. The Morgan fingerprint density at radius 1 is 1.10 bits per heavy atom. The monoisotopic (exact) mass is 406 g/mol. The molecule has 7 heteroatoms. The maximum Gasteiger partial charge on any atom is 0.264 e. The van der Waals surface area contributed by atoms with Gasteiger partial charge < -0.3 is 10.6 Å². The normalized spacial score (nSPS) is 14.0. The summed E-state index contributed by atoms with van der Waals surface area (Å²) in [5.74, 6) is -0.403. The Morgan fingerprint density at radius 2 is 1.76 bits per heavy atom. The number of amidine groups is 1. The molecule has 146 valence electrons. The van der Waals surface area contributed by atoms with Crippen LogP contribution in [0.1, 0.15) is 35.3 Å². The molecule has 2 amide bonds. The number of carbonyl (C=O) groups is 2. The third-order valence-electron chi connectivity index (χ3n) is 4.26. The zero-order valence-corrected chi connectivity index (χ0v) is 16.7. The summed E-state index contributed by atoms with van der Waals surface area (Å²) in [6, 6.07) is 15.7. The molecule has 1 aliphatic heterocycles. The van der Waals surface area contributed by atoms with Gasteiger partial charge in [0.15, 0.2) is 0 Å². The number of fused-ring (bicyclic) bond motifs is 1. The zero-order valence-electron chi connectivity index (χ0n) is 16.0. The van der Waals surface area contributed by atoms with Gasteiger partial charge in [0.2, 0.25) is 0 Å². The van der Waals surface area contributed by atoms with Gasteiger partial charge >= 0.3 is 0 Å². The van der Waals surface area contributed by atoms with Crippen LogP contribution in [-0.2, 0) is 4.79 Å². The molecule has 2 aromatic rings. The maximum absolute atomic E-state index is 12.7. The molecule has 0 saturated heterocycles. The Bertz CT molecular complexity index is 1080. The average Bonchev–Trinajstić information content (AvgIpc) is 3.05. The first-order chi connectivity index (χ1) is 13.9. The number of nitrogens with zero attached hydrogens (tertiary/aromatic N) is 2. The predicted molar refractivity (Wildman–Crippen MR) is 112 cm³/mol. The topological polar surface area (TPSA) is 94.3 Å². The number of halogens is 1. The molecule has 0 saturated carbocycles. The van der Waals surface area contributed by atoms with Crippen LogP contribution in [-0.4, -0.2) is 24.2 Å². The molecule has 6 nitrogen and oxygen atoms in total. The van der Waals surface area contributed by atoms with E-state index in [0.717, 1.165) is 0 Å². The van der Waals surface area contributed by atoms with Crippen molar-refractivity contribution in [2.45, 2.75) is 13.8 Å². The molecule has 1 aliphatic rings. The lowest BCUT2D eigenvalue weighted by Gasteiger charge is -2.08. The predicted octanol–water partition coefficient (Wildman–Crippen LogP) is 3.54. The molecule has 0 aromatic heterocycles. The van der Waals surface area contributed by atoms with E-state index in [1.54, 1.807) is 48.5 Å². The Morgan fingerprint density at radius 3 is 2.41 bits per heavy atom. The maximum atomic E-state index is 12.7. The van der Waals surface area contributed by atoms with Gasteiger partial charge in [0, 0.05) is 17.7 Å². The van der Waals surface area contributed by atoms with E-state index >= 15 is 0 Å². The fraction of sp³-hybridized carbons (Fsp3) is 0.182. The minimum atomic E-state index is -0.492. The fourth-order valence-corrected chi connectivity index (χ4v) is 3.05. The zero-order chi connectivity index (χ0) is 21.0. The number of nitrogens with one attached hydrogen (secondary N) is 2. The third-order valence-corrected chi connectivity index (χ3v) is 4.59. The molecule has 0 aliphatic carbocycles. The number of benzene rings is 2. The lowest BCUT2D eigenvalue weighted by molar-refractivity contribution is -0.117. The number of aliphatic imine (C=N–C) groups is 1. The van der Waals surface area contributed by atoms with Gasteiger partial charge in [-0.25, -0.2) is 4.99 Å². The van der Waals surface area contributed by atoms with E-state index in [4.69, 9.17) is 11.6 Å². The molecule has 0 atom stereocenters. The van der Waals surface area contributed by atoms with Crippen molar-refractivity contribution in [2.75, 3.05) is 6.54 Å². The number of nitriles is 1. The van der Waals surface area contributed by atoms with Crippen LogP contribution in [0.15, 0.2) is 59.1 Å². The molecule has 2 aromatic carbocycles. The molecule has 0 spiro atoms. The minimum absolute atomic E-state index is 0.0971. The Balaban J connectivity index is 1.99. The summed E-state index contributed by atoms with van der Waals surface area (Å²) in [6.07, 6.45) is 0. The molecule has 0 bridgehead atoms. The van der Waals surface area contributed by atoms with Crippen LogP contribution in [0.3, 0.4) is 0 Å². The summed E-state index contributed by atoms with van der Waals surface area (Å²) in [6.45, 7) is 4.37. The van der Waals surface area contributed by atoms with Crippen molar-refractivity contribution in [3.05, 3.63) is 75.8 Å². The second kappa shape index (κ2) is 8.72. The summed E-state index contributed by atoms with van der Waals surface area (Å²) < 4.78 is 0. The molecule has 3 rings (SSSR count). The number of hydrogen-bond acceptors (Lipinski definition) is 4. The lowest BCUT2D eigenvalue weighted by Crippen LogP contribution is -2.30. The van der Waals surface area contributed by atoms with Gasteiger partial charge in [-0.3, -0.25) is 9.59 Å². The second-order valence-corrected chi connectivity index (χ2v) is 7.29. The second-order valence-electron chi connectivity index (χ2n) is 6.88. The van der Waals surface area contributed by atoms with E-state index < -0.39 is 11.8 Å². The molecular formula is C22H19ClN4O2. The van der Waals surface area contributed by atoms with Crippen LogP contribution in [0.25, 0.3) is 5.70 Å². The van der Waals surface area contributed by atoms with Crippen LogP contribution >= 0.6 is 11.6 Å². The highest BCUT2D eigenvalue weighted by Crippen LogP contribution is 2.30. The first kappa shape index (κ1) is 20.3. The van der Waals surface area contributed by atoms with E-state index in [0.29, 0.717) is 28.3 Å². The molecular weight excluding hydrogens is 388 g/mol. The molecule has 29 heavy (non-hydrogen) atoms. The van der Waals surface area contributed by atoms with Gasteiger partial charge in [-0.15, -0.1) is 0 Å². The Kier molecular flexibility index (Phi) is 6.10. The van der Waals surface area contributed by atoms with Gasteiger partial charge in [-0.1, -0.05) is 61.8 Å². The van der Waals surface area contributed by atoms with Gasteiger partial charge in [0.05, 0.1) is 16.3 Å². The van der Waals surface area contributed by atoms with Crippen LogP contribution in [0, 0.1) is 17.2 Å². The lowest BCUT2D eigenvalue weighted by atomic mass is 10.0. The van der Waals surface area contributed by atoms with Crippen molar-refractivity contribution in [2.24, 2.45) is 10.9 Å². The van der Waals surface area contributed by atoms with E-state index in [1.165, 1.54) is 0 Å². The van der Waals surface area contributed by atoms with Crippen LogP contribution in [0.5, 0.6) is 0 Å². The van der Waals surface area contributed by atoms with Gasteiger partial charge in [-0.2, -0.15) is 5.26 Å². The largest absolute Gasteiger partial charge is 0.351 e. The summed E-state index contributed by atoms with van der Waals surface area (Å²) in [7, 11) is 0. The first-order valence-electron chi connectivity index (χ1n) is 9.09. The smallest absolute Gasteiger partial charge is 0.264 e. The van der Waals surface area contributed by atoms with E-state index in [2.05, 4.69) is 15.6 Å². The number of hydrogen-bond donors (Lipinski definition) is 2. The SMILES string of the molecule is CC(C)CNC(=O)/C(C#N)=C1\N=C(NC(=O)c2ccccc2Cl)c2ccccc21. The molecule has 0 unspecified atom stereocenters. The van der Waals surface area contributed by atoms with Crippen molar-refractivity contribution in [1.82, 2.24) is 10.6 Å². The highest BCUT2D eigenvalue weighted by Gasteiger charge is 2.27. The van der Waals surface area contributed by atoms with E-state index in [1.807, 2.05) is 19.9 Å². The van der Waals surface area contributed by atoms with E-state index in [-0.39, 0.29) is 23.0 Å². The van der Waals surface area contributed by atoms with Crippen molar-refractivity contribution in [3.8, 4) is 6.07 Å². The summed E-state index contributed by atoms with van der Waals surface area (Å²) in [5.41, 5.74) is 1.69. The van der Waals surface area contributed by atoms with Crippen LogP contribution < -0.4 is 10.6 Å². The molecule has 2 N–H and O–H groups in total. The number of amides is 2. The highest BCUT2D eigenvalue weighted by molar-refractivity contribution is 6.34. The quantitative estimate of drug-likeness (QED) is 0.600. The van der Waals surface area contributed by atoms with E-state index in [9.17, 15) is 14.9 Å². The third kappa shape index (κ3) is 4.36. The number of rotatable bonds is 4. The van der Waals surface area contributed by atoms with Crippen molar-refractivity contribution < 1.29 is 9.59 Å². The van der Waals surface area contributed by atoms with Gasteiger partial charge in [-0.05, 0) is 18.1 Å². The van der Waals surface area contributed by atoms with Crippen LogP contribution in [0.2, 0.25) is 5.02 Å². The molecule has 1 heterocycles. The summed E-state index contributed by atoms with van der Waals surface area (Å²) >= 11 is 6.10. The van der Waals surface area contributed by atoms with Gasteiger partial charge in [0.25, 0.3) is 11.8 Å². The molecule has 0 fully saturated rings. The van der Waals surface area contributed by atoms with Crippen molar-refractivity contribution in [3.63, 3.8) is 0 Å². The highest BCUT2D eigenvalue weighted by atomic mass is 35.5. The molecule has 0 radical (unpaired) electrons. The summed E-state index contributed by atoms with van der Waals surface area (Å²) in [5, 5.41) is 15.4. The Hall–Kier alpha value is -3.43. The van der Waals surface area contributed by atoms with Crippen LogP contribution in [0.4, 0.5) is 0 Å². The summed E-state index contributed by atoms with van der Waals surface area (Å²) in [4.78, 5) is 29.6. The van der Waals surface area contributed by atoms with Crippen molar-refractivity contribution >= 4 is 34.9 Å².